The first-order valence-electron chi connectivity index (χ1n) is 5.95. The Morgan fingerprint density at radius 3 is 2.71 bits per heavy atom. The van der Waals surface area contributed by atoms with E-state index in [1.165, 1.54) is 0 Å². The number of carbonyl (C=O) groups is 1. The molecule has 0 atom stereocenters. The van der Waals surface area contributed by atoms with Gasteiger partial charge in [0.15, 0.2) is 0 Å². The molecule has 0 aliphatic rings. The van der Waals surface area contributed by atoms with Crippen LogP contribution in [-0.4, -0.2) is 39.0 Å². The first kappa shape index (κ1) is 14.2. The first-order chi connectivity index (χ1) is 8.11. The average Bonchev–Trinajstić information content (AvgIpc) is 2.65. The largest absolute Gasteiger partial charge is 0.338 e. The number of aromatic nitrogens is 2. The van der Waals surface area contributed by atoms with E-state index in [4.69, 9.17) is 0 Å². The maximum atomic E-state index is 12.3. The lowest BCUT2D eigenvalue weighted by Crippen LogP contribution is -2.33. The Morgan fingerprint density at radius 1 is 1.53 bits per heavy atom. The van der Waals surface area contributed by atoms with Crippen molar-refractivity contribution in [2.45, 2.75) is 26.7 Å². The Bertz CT molecular complexity index is 376. The van der Waals surface area contributed by atoms with Gasteiger partial charge < -0.3 is 4.90 Å². The fourth-order valence-corrected chi connectivity index (χ4v) is 2.07. The summed E-state index contributed by atoms with van der Waals surface area (Å²) in [6.45, 7) is 5.61. The molecule has 4 nitrogen and oxygen atoms in total. The molecule has 0 fully saturated rings. The number of alkyl halides is 1. The minimum Gasteiger partial charge on any atom is -0.338 e. The smallest absolute Gasteiger partial charge is 0.257 e. The van der Waals surface area contributed by atoms with Gasteiger partial charge in [-0.05, 0) is 13.3 Å². The number of aryl methyl sites for hydroxylation is 1. The summed E-state index contributed by atoms with van der Waals surface area (Å²) in [5, 5.41) is 4.92. The number of nitrogens with zero attached hydrogens (tertiary/aromatic N) is 3. The fourth-order valence-electron chi connectivity index (χ4n) is 1.64. The van der Waals surface area contributed by atoms with Crippen molar-refractivity contribution >= 4 is 21.8 Å². The van der Waals surface area contributed by atoms with Crippen LogP contribution in [-0.2, 0) is 7.05 Å². The molecule has 0 aromatic carbocycles. The molecule has 1 heterocycles. The van der Waals surface area contributed by atoms with Crippen molar-refractivity contribution in [3.63, 3.8) is 0 Å². The number of hydrogen-bond donors (Lipinski definition) is 0. The Balaban J connectivity index is 2.80. The van der Waals surface area contributed by atoms with Gasteiger partial charge in [0.25, 0.3) is 5.91 Å². The summed E-state index contributed by atoms with van der Waals surface area (Å²) < 4.78 is 1.74. The van der Waals surface area contributed by atoms with Gasteiger partial charge in [0.2, 0.25) is 0 Å². The molecule has 0 radical (unpaired) electrons. The molecule has 1 amide bonds. The van der Waals surface area contributed by atoms with Gasteiger partial charge in [0.1, 0.15) is 0 Å². The molecular formula is C12H20BrN3O. The van der Waals surface area contributed by atoms with Gasteiger partial charge >= 0.3 is 0 Å². The van der Waals surface area contributed by atoms with Crippen molar-refractivity contribution in [2.24, 2.45) is 7.05 Å². The molecule has 0 aliphatic heterocycles. The highest BCUT2D eigenvalue weighted by molar-refractivity contribution is 9.09. The van der Waals surface area contributed by atoms with Crippen LogP contribution in [0.3, 0.4) is 0 Å². The van der Waals surface area contributed by atoms with Crippen LogP contribution in [0.2, 0.25) is 0 Å². The van der Waals surface area contributed by atoms with E-state index in [0.717, 1.165) is 37.0 Å². The number of hydrogen-bond acceptors (Lipinski definition) is 2. The monoisotopic (exact) mass is 301 g/mol. The van der Waals surface area contributed by atoms with Crippen LogP contribution in [0.15, 0.2) is 6.20 Å². The Kier molecular flexibility index (Phi) is 5.68. The summed E-state index contributed by atoms with van der Waals surface area (Å²) in [6, 6.07) is 0. The summed E-state index contributed by atoms with van der Waals surface area (Å²) in [5.41, 5.74) is 1.63. The normalized spacial score (nSPS) is 10.6. The van der Waals surface area contributed by atoms with Crippen molar-refractivity contribution in [3.8, 4) is 0 Å². The summed E-state index contributed by atoms with van der Waals surface area (Å²) in [5.74, 6) is 0.0866. The zero-order valence-corrected chi connectivity index (χ0v) is 12.3. The van der Waals surface area contributed by atoms with Crippen LogP contribution >= 0.6 is 15.9 Å². The van der Waals surface area contributed by atoms with Gasteiger partial charge in [-0.25, -0.2) is 0 Å². The number of unbranched alkanes of at least 4 members (excludes halogenated alkanes) is 1. The zero-order chi connectivity index (χ0) is 12.8. The summed E-state index contributed by atoms with van der Waals surface area (Å²) in [7, 11) is 1.85. The lowest BCUT2D eigenvalue weighted by molar-refractivity contribution is 0.0763. The molecule has 0 saturated carbocycles. The zero-order valence-electron chi connectivity index (χ0n) is 10.7. The molecular weight excluding hydrogens is 282 g/mol. The van der Waals surface area contributed by atoms with Crippen molar-refractivity contribution < 1.29 is 4.79 Å². The number of rotatable bonds is 6. The molecule has 5 heteroatoms. The molecule has 1 rings (SSSR count). The molecule has 96 valence electrons. The van der Waals surface area contributed by atoms with E-state index in [0.29, 0.717) is 5.56 Å². The van der Waals surface area contributed by atoms with Crippen LogP contribution < -0.4 is 0 Å². The molecule has 0 aliphatic carbocycles. The maximum absolute atomic E-state index is 12.3. The third kappa shape index (κ3) is 3.56. The SMILES string of the molecule is CCCCN(CCBr)C(=O)c1cnn(C)c1C. The Morgan fingerprint density at radius 2 is 2.24 bits per heavy atom. The second kappa shape index (κ2) is 6.79. The molecule has 1 aromatic rings. The van der Waals surface area contributed by atoms with E-state index in [-0.39, 0.29) is 5.91 Å². The van der Waals surface area contributed by atoms with Gasteiger partial charge in [0.05, 0.1) is 11.8 Å². The van der Waals surface area contributed by atoms with Gasteiger partial charge in [-0.15, -0.1) is 0 Å². The third-order valence-electron chi connectivity index (χ3n) is 2.89. The van der Waals surface area contributed by atoms with Crippen molar-refractivity contribution in [2.75, 3.05) is 18.4 Å². The second-order valence-electron chi connectivity index (χ2n) is 4.10. The van der Waals surface area contributed by atoms with Gasteiger partial charge in [0, 0.05) is 31.2 Å². The quantitative estimate of drug-likeness (QED) is 0.757. The molecule has 0 spiro atoms. The summed E-state index contributed by atoms with van der Waals surface area (Å²) in [4.78, 5) is 14.2. The highest BCUT2D eigenvalue weighted by Crippen LogP contribution is 2.10. The van der Waals surface area contributed by atoms with E-state index in [1.54, 1.807) is 10.9 Å². The standard InChI is InChI=1S/C12H20BrN3O/c1-4-5-7-16(8-6-13)12(17)11-9-14-15(3)10(11)2/h9H,4-8H2,1-3H3. The van der Waals surface area contributed by atoms with E-state index in [1.807, 2.05) is 18.9 Å². The molecule has 17 heavy (non-hydrogen) atoms. The highest BCUT2D eigenvalue weighted by Gasteiger charge is 2.18. The third-order valence-corrected chi connectivity index (χ3v) is 3.24. The summed E-state index contributed by atoms with van der Waals surface area (Å²) in [6.07, 6.45) is 3.79. The van der Waals surface area contributed by atoms with Crippen molar-refractivity contribution in [1.29, 1.82) is 0 Å². The molecule has 1 aromatic heterocycles. The van der Waals surface area contributed by atoms with E-state index < -0.39 is 0 Å². The topological polar surface area (TPSA) is 38.1 Å². The average molecular weight is 302 g/mol. The van der Waals surface area contributed by atoms with E-state index in [2.05, 4.69) is 28.0 Å². The first-order valence-corrected chi connectivity index (χ1v) is 7.07. The van der Waals surface area contributed by atoms with E-state index in [9.17, 15) is 4.79 Å². The molecule has 0 bridgehead atoms. The fraction of sp³-hybridized carbons (Fsp3) is 0.667. The lowest BCUT2D eigenvalue weighted by Gasteiger charge is -2.21. The Hall–Kier alpha value is -0.840. The minimum absolute atomic E-state index is 0.0866. The maximum Gasteiger partial charge on any atom is 0.257 e. The predicted octanol–water partition coefficient (Wildman–Crippen LogP) is 2.37. The van der Waals surface area contributed by atoms with Crippen LogP contribution in [0, 0.1) is 6.92 Å². The van der Waals surface area contributed by atoms with Crippen LogP contribution in [0.25, 0.3) is 0 Å². The molecule has 0 N–H and O–H groups in total. The Labute approximate surface area is 111 Å². The predicted molar refractivity (Wildman–Crippen MR) is 72.6 cm³/mol. The van der Waals surface area contributed by atoms with Gasteiger partial charge in [-0.1, -0.05) is 29.3 Å². The number of halogens is 1. The van der Waals surface area contributed by atoms with Crippen molar-refractivity contribution in [1.82, 2.24) is 14.7 Å². The number of amides is 1. The van der Waals surface area contributed by atoms with Crippen LogP contribution in [0.4, 0.5) is 0 Å². The van der Waals surface area contributed by atoms with Gasteiger partial charge in [-0.2, -0.15) is 5.10 Å². The molecule has 0 saturated heterocycles. The highest BCUT2D eigenvalue weighted by atomic mass is 79.9. The van der Waals surface area contributed by atoms with Crippen molar-refractivity contribution in [3.05, 3.63) is 17.5 Å². The van der Waals surface area contributed by atoms with Crippen LogP contribution in [0.5, 0.6) is 0 Å². The van der Waals surface area contributed by atoms with E-state index >= 15 is 0 Å². The molecule has 0 unspecified atom stereocenters. The van der Waals surface area contributed by atoms with Crippen LogP contribution in [0.1, 0.15) is 35.8 Å². The minimum atomic E-state index is 0.0866. The summed E-state index contributed by atoms with van der Waals surface area (Å²) >= 11 is 3.39. The number of carbonyl (C=O) groups excluding carboxylic acids is 1. The second-order valence-corrected chi connectivity index (χ2v) is 4.89. The lowest BCUT2D eigenvalue weighted by atomic mass is 10.2. The van der Waals surface area contributed by atoms with Gasteiger partial charge in [-0.3, -0.25) is 9.48 Å².